The summed E-state index contributed by atoms with van der Waals surface area (Å²) in [6, 6.07) is 28.8. The molecule has 20 heteroatoms. The van der Waals surface area contributed by atoms with Gasteiger partial charge in [0.1, 0.15) is 35.1 Å². The number of hydrogen-bond donors (Lipinski definition) is 1. The second-order valence-corrected chi connectivity index (χ2v) is 18.2. The van der Waals surface area contributed by atoms with Crippen molar-refractivity contribution in [2.24, 2.45) is 11.8 Å². The van der Waals surface area contributed by atoms with E-state index in [1.165, 1.54) is 48.3 Å². The van der Waals surface area contributed by atoms with Crippen LogP contribution >= 0.6 is 0 Å². The van der Waals surface area contributed by atoms with Crippen LogP contribution in [0, 0.1) is 39.9 Å². The molecule has 2 aliphatic heterocycles. The van der Waals surface area contributed by atoms with Crippen molar-refractivity contribution in [3.8, 4) is 11.8 Å². The molecular formula is C52H58N5NaO14. The molecule has 0 spiro atoms. The minimum absolute atomic E-state index is 0. The molecule has 376 valence electrons. The number of nitro benzene ring substituents is 1. The van der Waals surface area contributed by atoms with E-state index < -0.39 is 82.0 Å². The summed E-state index contributed by atoms with van der Waals surface area (Å²) in [7, 11) is 2.46. The third kappa shape index (κ3) is 17.0. The first-order valence-electron chi connectivity index (χ1n) is 22.3. The molecule has 6 atom stereocenters. The molecule has 1 N–H and O–H groups in total. The maximum Gasteiger partial charge on any atom is 1.00 e. The first-order valence-corrected chi connectivity index (χ1v) is 22.3. The molecule has 0 aromatic heterocycles. The summed E-state index contributed by atoms with van der Waals surface area (Å²) >= 11 is 0. The van der Waals surface area contributed by atoms with E-state index in [0.29, 0.717) is 28.1 Å². The average molecular weight is 1000 g/mol. The monoisotopic (exact) mass is 999 g/mol. The van der Waals surface area contributed by atoms with Crippen LogP contribution in [0.5, 0.6) is 5.75 Å². The molecule has 72 heavy (non-hydrogen) atoms. The number of benzene rings is 4. The number of amides is 2. The molecule has 0 bridgehead atoms. The summed E-state index contributed by atoms with van der Waals surface area (Å²) in [5.74, 6) is -4.12. The van der Waals surface area contributed by atoms with E-state index in [-0.39, 0.29) is 68.5 Å². The molecular weight excluding hydrogens is 942 g/mol. The first kappa shape index (κ1) is 59.2. The van der Waals surface area contributed by atoms with Crippen molar-refractivity contribution in [3.63, 3.8) is 0 Å². The number of aliphatic hydroxyl groups is 1. The van der Waals surface area contributed by atoms with Crippen molar-refractivity contribution in [1.29, 1.82) is 5.26 Å². The van der Waals surface area contributed by atoms with E-state index in [1.54, 1.807) is 126 Å². The Balaban J connectivity index is 0.000000413. The molecule has 2 aliphatic rings. The van der Waals surface area contributed by atoms with Crippen molar-refractivity contribution >= 4 is 47.1 Å². The molecule has 0 aliphatic carbocycles. The van der Waals surface area contributed by atoms with Gasteiger partial charge in [0, 0.05) is 41.6 Å². The topological polar surface area (TPSA) is 247 Å². The Hall–Kier alpha value is -7.16. The summed E-state index contributed by atoms with van der Waals surface area (Å²) in [5.41, 5.74) is 0.307. The number of likely N-dealkylation sites (tertiary alicyclic amines) is 2. The van der Waals surface area contributed by atoms with Gasteiger partial charge in [-0.2, -0.15) is 5.26 Å². The fourth-order valence-electron chi connectivity index (χ4n) is 7.72. The number of nitrogens with zero attached hydrogens (tertiary/aromatic N) is 5. The molecule has 2 heterocycles. The number of ether oxygens (including phenoxy) is 5. The van der Waals surface area contributed by atoms with Crippen molar-refractivity contribution in [2.45, 2.75) is 89.9 Å². The second-order valence-electron chi connectivity index (χ2n) is 18.2. The van der Waals surface area contributed by atoms with Crippen LogP contribution in [0.4, 0.5) is 11.4 Å². The van der Waals surface area contributed by atoms with E-state index >= 15 is 0 Å². The van der Waals surface area contributed by atoms with Gasteiger partial charge < -0.3 is 40.0 Å². The van der Waals surface area contributed by atoms with Crippen LogP contribution in [0.2, 0.25) is 0 Å². The van der Waals surface area contributed by atoms with E-state index in [9.17, 15) is 44.0 Å². The smallest absolute Gasteiger partial charge is 1.00 e. The normalized spacial score (nSPS) is 18.9. The molecule has 2 saturated heterocycles. The van der Waals surface area contributed by atoms with E-state index in [4.69, 9.17) is 35.5 Å². The SMILES string of the molecule is COC(=O)[C@@H]1[C@@H](CC(=O)OC(C)(C)C)[C@H](O)CN1C(=O)c1ccccc1.N#Cc1ccc([N+](=O)[O-])cc1.[C-]#[N+]c1ccc(O[C@@H]2CN(C(=O)c3ccccc3)[C@H](C(=O)OC)[C@H]2CC(=O)OC(C)(C)C)cc1.[H-].[Na+]. The van der Waals surface area contributed by atoms with Gasteiger partial charge in [-0.05, 0) is 90.1 Å². The number of β-amino-alcohol motifs (C(OH)–C–C–N with tert-alkyl or cyclic N) is 1. The summed E-state index contributed by atoms with van der Waals surface area (Å²) in [5, 5.41) is 28.9. The van der Waals surface area contributed by atoms with E-state index in [1.807, 2.05) is 6.07 Å². The summed E-state index contributed by atoms with van der Waals surface area (Å²) in [6.07, 6.45) is -2.03. The number of esters is 4. The largest absolute Gasteiger partial charge is 1.00 e. The van der Waals surface area contributed by atoms with E-state index in [2.05, 4.69) is 4.85 Å². The summed E-state index contributed by atoms with van der Waals surface area (Å²) in [6.45, 7) is 17.6. The van der Waals surface area contributed by atoms with Crippen molar-refractivity contribution < 1.29 is 93.5 Å². The minimum atomic E-state index is -1.05. The predicted molar refractivity (Wildman–Crippen MR) is 257 cm³/mol. The number of carbonyl (C=O) groups excluding carboxylic acids is 6. The number of nitro groups is 1. The molecule has 4 aromatic carbocycles. The van der Waals surface area contributed by atoms with Gasteiger partial charge in [-0.15, -0.1) is 0 Å². The second kappa shape index (κ2) is 26.9. The Morgan fingerprint density at radius 3 is 1.56 bits per heavy atom. The number of aliphatic hydroxyl groups excluding tert-OH is 1. The third-order valence-corrected chi connectivity index (χ3v) is 10.8. The summed E-state index contributed by atoms with van der Waals surface area (Å²) < 4.78 is 26.8. The van der Waals surface area contributed by atoms with Crippen LogP contribution < -0.4 is 34.3 Å². The van der Waals surface area contributed by atoms with Crippen molar-refractivity contribution in [2.75, 3.05) is 27.3 Å². The maximum absolute atomic E-state index is 13.3. The van der Waals surface area contributed by atoms with Gasteiger partial charge in [0.15, 0.2) is 5.69 Å². The fraction of sp³-hybridized carbons (Fsp3) is 0.385. The molecule has 0 unspecified atom stereocenters. The quantitative estimate of drug-likeness (QED) is 0.0557. The van der Waals surface area contributed by atoms with Gasteiger partial charge in [-0.1, -0.05) is 48.5 Å². The fourth-order valence-corrected chi connectivity index (χ4v) is 7.72. The maximum atomic E-state index is 13.3. The molecule has 0 radical (unpaired) electrons. The van der Waals surface area contributed by atoms with Gasteiger partial charge in [0.25, 0.3) is 17.5 Å². The van der Waals surface area contributed by atoms with Crippen LogP contribution in [0.3, 0.4) is 0 Å². The van der Waals surface area contributed by atoms with Gasteiger partial charge in [-0.25, -0.2) is 14.4 Å². The van der Waals surface area contributed by atoms with Crippen LogP contribution in [0.25, 0.3) is 4.85 Å². The van der Waals surface area contributed by atoms with Gasteiger partial charge >= 0.3 is 53.4 Å². The van der Waals surface area contributed by atoms with Crippen LogP contribution in [-0.4, -0.2) is 118 Å². The van der Waals surface area contributed by atoms with E-state index in [0.717, 1.165) is 0 Å². The van der Waals surface area contributed by atoms with Crippen LogP contribution in [0.15, 0.2) is 109 Å². The zero-order valence-electron chi connectivity index (χ0n) is 42.7. The molecule has 2 amide bonds. The Morgan fingerprint density at radius 1 is 0.722 bits per heavy atom. The number of carbonyl (C=O) groups is 6. The molecule has 4 aromatic rings. The third-order valence-electron chi connectivity index (χ3n) is 10.8. The molecule has 0 saturated carbocycles. The predicted octanol–water partition coefficient (Wildman–Crippen LogP) is 4.01. The number of non-ortho nitro benzene ring substituents is 1. The molecule has 6 rings (SSSR count). The average Bonchev–Trinajstić information content (AvgIpc) is 3.85. The Kier molecular flexibility index (Phi) is 22.1. The standard InChI is InChI=1S/C26H28N2O6.C19H25NO6.C7H4N2O2.Na.H/c1-26(2,3)34-22(29)15-20-21(33-19-13-11-18(27-4)12-14-19)16-28(23(20)25(31)32-5)24(30)17-9-7-6-8-10-17;1-19(2,3)26-15(22)10-13-14(21)11-20(16(13)18(24)25-4)17(23)12-8-6-5-7-9-12;8-5-6-1-3-7(4-2-6)9(10)11;;/h6-14,20-21,23H,15-16H2,1-3,5H3;5-9,13-14,16,21H,10-11H2,1-4H3;1-4H;;/q;;;+1;-1/t20-,21+,23-;13-,14+,16-;;;/m00.../s1. The first-order chi connectivity index (χ1) is 33.5. The molecule has 2 fully saturated rings. The minimum Gasteiger partial charge on any atom is -1.00 e. The van der Waals surface area contributed by atoms with Crippen molar-refractivity contribution in [1.82, 2.24) is 9.80 Å². The van der Waals surface area contributed by atoms with Gasteiger partial charge in [-0.3, -0.25) is 29.3 Å². The van der Waals surface area contributed by atoms with Gasteiger partial charge in [0.05, 0.1) is 62.8 Å². The van der Waals surface area contributed by atoms with Crippen LogP contribution in [0.1, 0.15) is 82.1 Å². The number of methoxy groups -OCH3 is 2. The zero-order chi connectivity index (χ0) is 52.6. The summed E-state index contributed by atoms with van der Waals surface area (Å²) in [4.78, 5) is 91.8. The molecule has 19 nitrogen and oxygen atoms in total. The van der Waals surface area contributed by atoms with Gasteiger partial charge in [0.2, 0.25) is 0 Å². The zero-order valence-corrected chi connectivity index (χ0v) is 43.7. The number of nitriles is 1. The number of hydrogen-bond acceptors (Lipinski definition) is 15. The van der Waals surface area contributed by atoms with Crippen LogP contribution in [-0.2, 0) is 38.1 Å². The Labute approximate surface area is 441 Å². The Morgan fingerprint density at radius 2 is 1.15 bits per heavy atom. The van der Waals surface area contributed by atoms with Crippen molar-refractivity contribution in [3.05, 3.63) is 147 Å². The number of rotatable bonds is 11. The Bertz CT molecular complexity index is 2600.